The van der Waals surface area contributed by atoms with Crippen molar-refractivity contribution in [3.63, 3.8) is 0 Å². The van der Waals surface area contributed by atoms with E-state index in [-0.39, 0.29) is 18.0 Å². The number of aryl methyl sites for hydroxylation is 1. The summed E-state index contributed by atoms with van der Waals surface area (Å²) in [5, 5.41) is 3.40. The average molecular weight is 410 g/mol. The van der Waals surface area contributed by atoms with E-state index in [4.69, 9.17) is 14.7 Å². The van der Waals surface area contributed by atoms with E-state index >= 15 is 0 Å². The predicted octanol–water partition coefficient (Wildman–Crippen LogP) is 3.64. The van der Waals surface area contributed by atoms with Gasteiger partial charge in [-0.05, 0) is 43.7 Å². The molecule has 0 bridgehead atoms. The molecule has 6 nitrogen and oxygen atoms in total. The molecule has 0 aliphatic carbocycles. The van der Waals surface area contributed by atoms with E-state index in [0.717, 1.165) is 41.5 Å². The summed E-state index contributed by atoms with van der Waals surface area (Å²) < 4.78 is 21.5. The van der Waals surface area contributed by atoms with Crippen molar-refractivity contribution < 1.29 is 9.13 Å². The van der Waals surface area contributed by atoms with Crippen LogP contribution in [0.25, 0.3) is 11.0 Å². The number of guanidine groups is 1. The van der Waals surface area contributed by atoms with Crippen LogP contribution in [-0.2, 0) is 18.3 Å². The molecule has 158 valence electrons. The number of benzene rings is 2. The molecular formula is C23H28FN5O. The van der Waals surface area contributed by atoms with Crippen LogP contribution in [0.1, 0.15) is 31.3 Å². The Hall–Kier alpha value is -2.93. The summed E-state index contributed by atoms with van der Waals surface area (Å²) in [5.41, 5.74) is 3.05. The summed E-state index contributed by atoms with van der Waals surface area (Å²) in [5.74, 6) is 1.52. The first kappa shape index (κ1) is 20.3. The molecule has 2 heterocycles. The molecule has 0 amide bonds. The molecule has 1 saturated heterocycles. The van der Waals surface area contributed by atoms with Crippen molar-refractivity contribution in [3.8, 4) is 0 Å². The molecule has 2 atom stereocenters. The Morgan fingerprint density at radius 1 is 1.20 bits per heavy atom. The van der Waals surface area contributed by atoms with E-state index in [0.29, 0.717) is 13.1 Å². The van der Waals surface area contributed by atoms with E-state index in [1.54, 1.807) is 12.1 Å². The van der Waals surface area contributed by atoms with Gasteiger partial charge in [0, 0.05) is 20.1 Å². The van der Waals surface area contributed by atoms with Gasteiger partial charge >= 0.3 is 0 Å². The van der Waals surface area contributed by atoms with Crippen molar-refractivity contribution in [1.29, 1.82) is 0 Å². The van der Waals surface area contributed by atoms with Crippen LogP contribution in [0.3, 0.4) is 0 Å². The molecule has 1 aromatic heterocycles. The number of fused-ring (bicyclic) bond motifs is 1. The summed E-state index contributed by atoms with van der Waals surface area (Å²) in [6, 6.07) is 14.6. The number of imidazole rings is 1. The molecule has 1 aliphatic heterocycles. The van der Waals surface area contributed by atoms with Crippen LogP contribution in [0.4, 0.5) is 4.39 Å². The minimum atomic E-state index is -0.239. The predicted molar refractivity (Wildman–Crippen MR) is 117 cm³/mol. The van der Waals surface area contributed by atoms with E-state index in [9.17, 15) is 4.39 Å². The lowest BCUT2D eigenvalue weighted by atomic mass is 10.1. The third-order valence-electron chi connectivity index (χ3n) is 5.39. The number of para-hydroxylation sites is 2. The molecule has 4 rings (SSSR count). The topological polar surface area (TPSA) is 54.7 Å². The smallest absolute Gasteiger partial charge is 0.194 e. The Labute approximate surface area is 176 Å². The van der Waals surface area contributed by atoms with Gasteiger partial charge in [0.1, 0.15) is 24.3 Å². The summed E-state index contributed by atoms with van der Waals surface area (Å²) in [4.78, 5) is 11.8. The summed E-state index contributed by atoms with van der Waals surface area (Å²) in [6.45, 7) is 6.77. The van der Waals surface area contributed by atoms with Crippen LogP contribution in [0.5, 0.6) is 0 Å². The van der Waals surface area contributed by atoms with Gasteiger partial charge in [-0.25, -0.2) is 14.4 Å². The van der Waals surface area contributed by atoms with Crippen LogP contribution in [0.15, 0.2) is 53.5 Å². The highest BCUT2D eigenvalue weighted by Crippen LogP contribution is 2.25. The van der Waals surface area contributed by atoms with E-state index < -0.39 is 0 Å². The van der Waals surface area contributed by atoms with Gasteiger partial charge < -0.3 is 19.5 Å². The lowest BCUT2D eigenvalue weighted by molar-refractivity contribution is -0.0605. The quantitative estimate of drug-likeness (QED) is 0.528. The number of rotatable bonds is 4. The van der Waals surface area contributed by atoms with Gasteiger partial charge in [-0.15, -0.1) is 0 Å². The second-order valence-corrected chi connectivity index (χ2v) is 7.64. The number of aromatic nitrogens is 2. The second kappa shape index (κ2) is 8.83. The number of hydrogen-bond acceptors (Lipinski definition) is 3. The molecule has 2 unspecified atom stereocenters. The Morgan fingerprint density at radius 3 is 2.70 bits per heavy atom. The molecule has 0 radical (unpaired) electrons. The molecule has 1 fully saturated rings. The minimum absolute atomic E-state index is 0.0356. The van der Waals surface area contributed by atoms with Crippen molar-refractivity contribution in [2.45, 2.75) is 32.6 Å². The van der Waals surface area contributed by atoms with Crippen molar-refractivity contribution in [2.75, 3.05) is 19.6 Å². The van der Waals surface area contributed by atoms with Crippen LogP contribution in [0, 0.1) is 5.82 Å². The van der Waals surface area contributed by atoms with Gasteiger partial charge in [0.05, 0.1) is 23.7 Å². The number of nitrogens with zero attached hydrogens (tertiary/aromatic N) is 4. The normalized spacial score (nSPS) is 20.0. The average Bonchev–Trinajstić information content (AvgIpc) is 3.07. The van der Waals surface area contributed by atoms with Gasteiger partial charge in [-0.3, -0.25) is 0 Å². The molecule has 3 aromatic rings. The highest BCUT2D eigenvalue weighted by molar-refractivity contribution is 5.80. The van der Waals surface area contributed by atoms with Gasteiger partial charge in [0.15, 0.2) is 5.96 Å². The number of halogens is 1. The third kappa shape index (κ3) is 4.31. The monoisotopic (exact) mass is 409 g/mol. The molecule has 1 aliphatic rings. The molecule has 0 saturated carbocycles. The SMILES string of the molecule is CCNC(=NCc1nc2ccccc2n1C)N1CC(C)OC(c2ccc(F)cc2)C1. The molecule has 0 spiro atoms. The number of hydrogen-bond donors (Lipinski definition) is 1. The lowest BCUT2D eigenvalue weighted by Crippen LogP contribution is -2.50. The summed E-state index contributed by atoms with van der Waals surface area (Å²) >= 11 is 0. The fourth-order valence-electron chi connectivity index (χ4n) is 3.89. The van der Waals surface area contributed by atoms with Gasteiger partial charge in [-0.1, -0.05) is 24.3 Å². The zero-order chi connectivity index (χ0) is 21.1. The van der Waals surface area contributed by atoms with E-state index in [2.05, 4.69) is 34.7 Å². The molecule has 7 heteroatoms. The van der Waals surface area contributed by atoms with Gasteiger partial charge in [0.25, 0.3) is 0 Å². The first-order valence-corrected chi connectivity index (χ1v) is 10.4. The molecule has 2 aromatic carbocycles. The maximum absolute atomic E-state index is 13.3. The van der Waals surface area contributed by atoms with Crippen LogP contribution in [-0.4, -0.2) is 46.1 Å². The highest BCUT2D eigenvalue weighted by atomic mass is 19.1. The van der Waals surface area contributed by atoms with Crippen LogP contribution >= 0.6 is 0 Å². The third-order valence-corrected chi connectivity index (χ3v) is 5.39. The fraction of sp³-hybridized carbons (Fsp3) is 0.391. The fourth-order valence-corrected chi connectivity index (χ4v) is 3.89. The Bertz CT molecular complexity index is 1030. The molecule has 30 heavy (non-hydrogen) atoms. The first-order valence-electron chi connectivity index (χ1n) is 10.4. The van der Waals surface area contributed by atoms with E-state index in [1.165, 1.54) is 12.1 Å². The van der Waals surface area contributed by atoms with Crippen LogP contribution in [0.2, 0.25) is 0 Å². The van der Waals surface area contributed by atoms with Crippen molar-refractivity contribution in [1.82, 2.24) is 19.8 Å². The molecular weight excluding hydrogens is 381 g/mol. The maximum atomic E-state index is 13.3. The Balaban J connectivity index is 1.55. The Kier molecular flexibility index (Phi) is 5.99. The van der Waals surface area contributed by atoms with Crippen molar-refractivity contribution >= 4 is 17.0 Å². The number of aliphatic imine (C=N–C) groups is 1. The number of morpholine rings is 1. The van der Waals surface area contributed by atoms with Gasteiger partial charge in [0.2, 0.25) is 0 Å². The number of nitrogens with one attached hydrogen (secondary N) is 1. The maximum Gasteiger partial charge on any atom is 0.194 e. The zero-order valence-corrected chi connectivity index (χ0v) is 17.7. The zero-order valence-electron chi connectivity index (χ0n) is 17.7. The first-order chi connectivity index (χ1) is 14.5. The van der Waals surface area contributed by atoms with Crippen molar-refractivity contribution in [3.05, 3.63) is 65.7 Å². The standard InChI is InChI=1S/C23H28FN5O/c1-4-25-23(26-13-22-27-19-7-5-6-8-20(19)28(22)3)29-14-16(2)30-21(15-29)17-9-11-18(24)12-10-17/h5-12,16,21H,4,13-15H2,1-3H3,(H,25,26). The van der Waals surface area contributed by atoms with Crippen molar-refractivity contribution in [2.24, 2.45) is 12.0 Å². The van der Waals surface area contributed by atoms with Gasteiger partial charge in [-0.2, -0.15) is 0 Å². The summed E-state index contributed by atoms with van der Waals surface area (Å²) in [7, 11) is 2.02. The minimum Gasteiger partial charge on any atom is -0.367 e. The largest absolute Gasteiger partial charge is 0.367 e. The highest BCUT2D eigenvalue weighted by Gasteiger charge is 2.28. The molecule has 1 N–H and O–H groups in total. The Morgan fingerprint density at radius 2 is 1.97 bits per heavy atom. The van der Waals surface area contributed by atoms with Crippen LogP contribution < -0.4 is 5.32 Å². The van der Waals surface area contributed by atoms with E-state index in [1.807, 2.05) is 25.2 Å². The second-order valence-electron chi connectivity index (χ2n) is 7.64. The number of ether oxygens (including phenoxy) is 1. The lowest BCUT2D eigenvalue weighted by Gasteiger charge is -2.38. The summed E-state index contributed by atoms with van der Waals surface area (Å²) in [6.07, 6.45) is -0.0950.